The number of ether oxygens (including phenoxy) is 1. The van der Waals surface area contributed by atoms with Crippen LogP contribution in [0.5, 0.6) is 0 Å². The van der Waals surface area contributed by atoms with Crippen LogP contribution in [0.1, 0.15) is 6.42 Å². The van der Waals surface area contributed by atoms with Crippen LogP contribution in [0, 0.1) is 5.92 Å². The average Bonchev–Trinajstić information content (AvgIpc) is 2.04. The van der Waals surface area contributed by atoms with E-state index in [9.17, 15) is 0 Å². The predicted octanol–water partition coefficient (Wildman–Crippen LogP) is -0.397. The topological polar surface area (TPSA) is 41.5 Å². The van der Waals surface area contributed by atoms with Crippen molar-refractivity contribution in [3.05, 3.63) is 0 Å². The summed E-state index contributed by atoms with van der Waals surface area (Å²) in [6.07, 6.45) is 1.23. The third kappa shape index (κ3) is 1.68. The van der Waals surface area contributed by atoms with Gasteiger partial charge in [-0.3, -0.25) is 0 Å². The Balaban J connectivity index is 2.34. The van der Waals surface area contributed by atoms with Gasteiger partial charge in [0, 0.05) is 26.2 Å². The summed E-state index contributed by atoms with van der Waals surface area (Å²) in [5.74, 6) is 0.339. The number of methoxy groups -OCH3 is 1. The van der Waals surface area contributed by atoms with Gasteiger partial charge in [0.05, 0.1) is 6.10 Å². The number of hydrogen-bond donors (Lipinski definition) is 2. The van der Waals surface area contributed by atoms with Crippen LogP contribution in [0.2, 0.25) is 0 Å². The molecular weight excluding hydrogens is 130 g/mol. The van der Waals surface area contributed by atoms with E-state index in [4.69, 9.17) is 9.84 Å². The van der Waals surface area contributed by atoms with Gasteiger partial charge in [0.25, 0.3) is 0 Å². The first-order chi connectivity index (χ1) is 4.88. The number of aliphatic hydroxyl groups excluding tert-OH is 1. The minimum absolute atomic E-state index is 0.207. The minimum atomic E-state index is 0.207. The number of hydrogen-bond acceptors (Lipinski definition) is 3. The summed E-state index contributed by atoms with van der Waals surface area (Å²) in [6, 6.07) is 0. The van der Waals surface area contributed by atoms with E-state index in [1.807, 2.05) is 0 Å². The van der Waals surface area contributed by atoms with E-state index in [1.165, 1.54) is 0 Å². The SMILES string of the molecule is CO[C@@H]1CNCC[C@@H]1CO. The Morgan fingerprint density at radius 1 is 1.70 bits per heavy atom. The van der Waals surface area contributed by atoms with Crippen LogP contribution >= 0.6 is 0 Å². The molecule has 0 unspecified atom stereocenters. The van der Waals surface area contributed by atoms with Crippen molar-refractivity contribution in [1.29, 1.82) is 0 Å². The molecule has 0 aliphatic carbocycles. The zero-order chi connectivity index (χ0) is 7.40. The average molecular weight is 145 g/mol. The second kappa shape index (κ2) is 3.91. The zero-order valence-electron chi connectivity index (χ0n) is 6.34. The van der Waals surface area contributed by atoms with Gasteiger partial charge >= 0.3 is 0 Å². The Hall–Kier alpha value is -0.120. The summed E-state index contributed by atoms with van der Waals surface area (Å²) in [5.41, 5.74) is 0. The molecule has 1 rings (SSSR count). The molecule has 60 valence electrons. The van der Waals surface area contributed by atoms with Crippen LogP contribution in [0.3, 0.4) is 0 Å². The molecule has 1 heterocycles. The van der Waals surface area contributed by atoms with Gasteiger partial charge in [0.2, 0.25) is 0 Å². The third-order valence-electron chi connectivity index (χ3n) is 2.10. The quantitative estimate of drug-likeness (QED) is 0.555. The Labute approximate surface area is 61.4 Å². The maximum Gasteiger partial charge on any atom is 0.0746 e. The number of aliphatic hydroxyl groups is 1. The van der Waals surface area contributed by atoms with Crippen molar-refractivity contribution in [2.24, 2.45) is 5.92 Å². The first-order valence-corrected chi connectivity index (χ1v) is 3.73. The molecule has 2 atom stereocenters. The highest BCUT2D eigenvalue weighted by molar-refractivity contribution is 4.77. The molecule has 0 aromatic rings. The highest BCUT2D eigenvalue weighted by atomic mass is 16.5. The largest absolute Gasteiger partial charge is 0.396 e. The van der Waals surface area contributed by atoms with Crippen molar-refractivity contribution in [1.82, 2.24) is 5.32 Å². The van der Waals surface area contributed by atoms with Gasteiger partial charge in [-0.2, -0.15) is 0 Å². The monoisotopic (exact) mass is 145 g/mol. The maximum absolute atomic E-state index is 8.88. The molecule has 0 saturated carbocycles. The summed E-state index contributed by atoms with van der Waals surface area (Å²) in [4.78, 5) is 0. The molecule has 1 aliphatic rings. The molecular formula is C7H15NO2. The molecule has 1 fully saturated rings. The van der Waals surface area contributed by atoms with Crippen molar-refractivity contribution in [3.8, 4) is 0 Å². The van der Waals surface area contributed by atoms with E-state index in [0.717, 1.165) is 19.5 Å². The van der Waals surface area contributed by atoms with E-state index in [2.05, 4.69) is 5.32 Å². The minimum Gasteiger partial charge on any atom is -0.396 e. The van der Waals surface area contributed by atoms with Crippen LogP contribution in [-0.4, -0.2) is 38.0 Å². The van der Waals surface area contributed by atoms with Crippen molar-refractivity contribution in [2.45, 2.75) is 12.5 Å². The first-order valence-electron chi connectivity index (χ1n) is 3.73. The lowest BCUT2D eigenvalue weighted by Gasteiger charge is -2.29. The lowest BCUT2D eigenvalue weighted by Crippen LogP contribution is -2.43. The van der Waals surface area contributed by atoms with Crippen LogP contribution in [0.4, 0.5) is 0 Å². The third-order valence-corrected chi connectivity index (χ3v) is 2.10. The molecule has 0 spiro atoms. The molecule has 3 heteroatoms. The summed E-state index contributed by atoms with van der Waals surface area (Å²) in [7, 11) is 1.69. The second-order valence-electron chi connectivity index (χ2n) is 2.71. The molecule has 0 aromatic heterocycles. The highest BCUT2D eigenvalue weighted by Crippen LogP contribution is 2.13. The Morgan fingerprint density at radius 3 is 3.00 bits per heavy atom. The van der Waals surface area contributed by atoms with E-state index in [1.54, 1.807) is 7.11 Å². The van der Waals surface area contributed by atoms with Gasteiger partial charge in [-0.1, -0.05) is 0 Å². The fraction of sp³-hybridized carbons (Fsp3) is 1.00. The van der Waals surface area contributed by atoms with Crippen LogP contribution in [-0.2, 0) is 4.74 Å². The van der Waals surface area contributed by atoms with Gasteiger partial charge in [-0.25, -0.2) is 0 Å². The number of nitrogens with one attached hydrogen (secondary N) is 1. The van der Waals surface area contributed by atoms with E-state index < -0.39 is 0 Å². The van der Waals surface area contributed by atoms with E-state index in [0.29, 0.717) is 5.92 Å². The summed E-state index contributed by atoms with van der Waals surface area (Å²) < 4.78 is 5.17. The fourth-order valence-corrected chi connectivity index (χ4v) is 1.37. The van der Waals surface area contributed by atoms with E-state index in [-0.39, 0.29) is 12.7 Å². The number of rotatable bonds is 2. The predicted molar refractivity (Wildman–Crippen MR) is 38.9 cm³/mol. The van der Waals surface area contributed by atoms with Crippen LogP contribution in [0.15, 0.2) is 0 Å². The standard InChI is InChI=1S/C7H15NO2/c1-10-7-4-8-3-2-6(7)5-9/h6-9H,2-5H2,1H3/t6-,7-/m1/s1. The summed E-state index contributed by atoms with van der Waals surface area (Å²) >= 11 is 0. The molecule has 0 amide bonds. The van der Waals surface area contributed by atoms with Crippen LogP contribution in [0.25, 0.3) is 0 Å². The Kier molecular flexibility index (Phi) is 3.12. The van der Waals surface area contributed by atoms with Gasteiger partial charge in [0.1, 0.15) is 0 Å². The van der Waals surface area contributed by atoms with E-state index >= 15 is 0 Å². The highest BCUT2D eigenvalue weighted by Gasteiger charge is 2.23. The van der Waals surface area contributed by atoms with Crippen molar-refractivity contribution in [2.75, 3.05) is 26.8 Å². The zero-order valence-corrected chi connectivity index (χ0v) is 6.34. The molecule has 1 aliphatic heterocycles. The first kappa shape index (κ1) is 7.98. The Bertz CT molecular complexity index is 85.6. The van der Waals surface area contributed by atoms with Gasteiger partial charge in [-0.05, 0) is 13.0 Å². The molecule has 0 radical (unpaired) electrons. The van der Waals surface area contributed by atoms with Crippen molar-refractivity contribution >= 4 is 0 Å². The molecule has 0 aromatic carbocycles. The van der Waals surface area contributed by atoms with Gasteiger partial charge < -0.3 is 15.2 Å². The van der Waals surface area contributed by atoms with Gasteiger partial charge in [0.15, 0.2) is 0 Å². The molecule has 10 heavy (non-hydrogen) atoms. The lowest BCUT2D eigenvalue weighted by molar-refractivity contribution is 0.00954. The number of piperidine rings is 1. The molecule has 1 saturated heterocycles. The fourth-order valence-electron chi connectivity index (χ4n) is 1.37. The van der Waals surface area contributed by atoms with Gasteiger partial charge in [-0.15, -0.1) is 0 Å². The second-order valence-corrected chi connectivity index (χ2v) is 2.71. The maximum atomic E-state index is 8.88. The molecule has 0 bridgehead atoms. The summed E-state index contributed by atoms with van der Waals surface area (Å²) in [5, 5.41) is 12.1. The van der Waals surface area contributed by atoms with Crippen molar-refractivity contribution < 1.29 is 9.84 Å². The van der Waals surface area contributed by atoms with Crippen molar-refractivity contribution in [3.63, 3.8) is 0 Å². The lowest BCUT2D eigenvalue weighted by atomic mass is 9.96. The smallest absolute Gasteiger partial charge is 0.0746 e. The van der Waals surface area contributed by atoms with Crippen LogP contribution < -0.4 is 5.32 Å². The normalized spacial score (nSPS) is 34.2. The molecule has 2 N–H and O–H groups in total. The molecule has 3 nitrogen and oxygen atoms in total. The summed E-state index contributed by atoms with van der Waals surface area (Å²) in [6.45, 7) is 2.13. The Morgan fingerprint density at radius 2 is 2.50 bits per heavy atom.